The predicted molar refractivity (Wildman–Crippen MR) is 89.0 cm³/mol. The molecule has 1 atom stereocenters. The van der Waals surface area contributed by atoms with Gasteiger partial charge in [-0.05, 0) is 11.6 Å². The van der Waals surface area contributed by atoms with Crippen LogP contribution in [0.1, 0.15) is 5.56 Å². The molecular formula is C12H15BrN2O4S2. The van der Waals surface area contributed by atoms with Gasteiger partial charge in [0.2, 0.25) is 0 Å². The van der Waals surface area contributed by atoms with Crippen LogP contribution < -0.4 is 4.90 Å². The van der Waals surface area contributed by atoms with Gasteiger partial charge in [-0.2, -0.15) is 11.8 Å². The van der Waals surface area contributed by atoms with Crippen LogP contribution in [0.25, 0.3) is 0 Å². The van der Waals surface area contributed by atoms with Crippen molar-refractivity contribution in [3.05, 3.63) is 33.9 Å². The second-order valence-corrected chi connectivity index (χ2v) is 8.67. The van der Waals surface area contributed by atoms with E-state index in [2.05, 4.69) is 15.9 Å². The number of hydrogen-bond donors (Lipinski definition) is 0. The van der Waals surface area contributed by atoms with Gasteiger partial charge in [0.25, 0.3) is 5.69 Å². The van der Waals surface area contributed by atoms with Crippen molar-refractivity contribution in [2.24, 2.45) is 0 Å². The summed E-state index contributed by atoms with van der Waals surface area (Å²) in [6.45, 7) is 0.611. The van der Waals surface area contributed by atoms with Gasteiger partial charge in [0.1, 0.15) is 5.37 Å². The lowest BCUT2D eigenvalue weighted by Crippen LogP contribution is -2.47. The molecule has 9 heteroatoms. The van der Waals surface area contributed by atoms with Gasteiger partial charge in [-0.1, -0.05) is 15.9 Å². The topological polar surface area (TPSA) is 80.5 Å². The summed E-state index contributed by atoms with van der Waals surface area (Å²) >= 11 is 4.93. The smallest absolute Gasteiger partial charge is 0.269 e. The Labute approximate surface area is 136 Å². The Bertz CT molecular complexity index is 651. The number of alkyl halides is 1. The van der Waals surface area contributed by atoms with Gasteiger partial charge in [0.15, 0.2) is 9.84 Å². The first-order valence-corrected chi connectivity index (χ1v) is 10.4. The quantitative estimate of drug-likeness (QED) is 0.443. The van der Waals surface area contributed by atoms with Gasteiger partial charge < -0.3 is 4.90 Å². The minimum absolute atomic E-state index is 0.00971. The molecule has 1 aliphatic heterocycles. The molecule has 0 amide bonds. The molecule has 0 aromatic heterocycles. The van der Waals surface area contributed by atoms with Crippen molar-refractivity contribution in [3.8, 4) is 0 Å². The number of non-ortho nitro benzene ring substituents is 1. The molecule has 0 N–H and O–H groups in total. The molecule has 1 saturated heterocycles. The van der Waals surface area contributed by atoms with Crippen LogP contribution in [0, 0.1) is 10.1 Å². The first kappa shape index (κ1) is 16.6. The molecule has 21 heavy (non-hydrogen) atoms. The third kappa shape index (κ3) is 3.70. The van der Waals surface area contributed by atoms with E-state index in [0.717, 1.165) is 17.0 Å². The molecule has 2 rings (SSSR count). The summed E-state index contributed by atoms with van der Waals surface area (Å²) in [4.78, 5) is 12.2. The molecule has 1 aromatic carbocycles. The number of nitro groups is 1. The van der Waals surface area contributed by atoms with Crippen LogP contribution in [0.15, 0.2) is 18.2 Å². The third-order valence-corrected chi connectivity index (χ3v) is 6.55. The number of halogens is 1. The molecule has 0 saturated carbocycles. The predicted octanol–water partition coefficient (Wildman–Crippen LogP) is 2.41. The number of sulfone groups is 1. The summed E-state index contributed by atoms with van der Waals surface area (Å²) in [5.74, 6) is 1.35. The van der Waals surface area contributed by atoms with Crippen LogP contribution in [0.3, 0.4) is 0 Å². The summed E-state index contributed by atoms with van der Waals surface area (Å²) in [5, 5.41) is 10.7. The van der Waals surface area contributed by atoms with Crippen LogP contribution in [-0.4, -0.2) is 43.0 Å². The van der Waals surface area contributed by atoms with E-state index in [1.165, 1.54) is 18.4 Å². The van der Waals surface area contributed by atoms with Gasteiger partial charge in [0.05, 0.1) is 4.92 Å². The van der Waals surface area contributed by atoms with E-state index in [1.807, 2.05) is 4.90 Å². The Morgan fingerprint density at radius 1 is 1.52 bits per heavy atom. The maximum absolute atomic E-state index is 12.0. The third-order valence-electron chi connectivity index (χ3n) is 3.31. The molecule has 1 unspecified atom stereocenters. The summed E-state index contributed by atoms with van der Waals surface area (Å²) in [7, 11) is -3.22. The zero-order valence-electron chi connectivity index (χ0n) is 11.4. The van der Waals surface area contributed by atoms with E-state index in [0.29, 0.717) is 17.6 Å². The van der Waals surface area contributed by atoms with E-state index in [-0.39, 0.29) is 5.69 Å². The van der Waals surface area contributed by atoms with Gasteiger partial charge in [-0.25, -0.2) is 8.42 Å². The fraction of sp³-hybridized carbons (Fsp3) is 0.500. The van der Waals surface area contributed by atoms with E-state index in [4.69, 9.17) is 0 Å². The van der Waals surface area contributed by atoms with E-state index in [9.17, 15) is 18.5 Å². The minimum atomic E-state index is -3.22. The lowest BCUT2D eigenvalue weighted by molar-refractivity contribution is -0.384. The molecule has 0 radical (unpaired) electrons. The highest BCUT2D eigenvalue weighted by Gasteiger charge is 2.32. The Balaban J connectivity index is 2.45. The second-order valence-electron chi connectivity index (χ2n) is 4.76. The van der Waals surface area contributed by atoms with Crippen molar-refractivity contribution < 1.29 is 13.3 Å². The number of nitrogens with zero attached hydrogens (tertiary/aromatic N) is 2. The average molecular weight is 395 g/mol. The van der Waals surface area contributed by atoms with Gasteiger partial charge in [-0.15, -0.1) is 0 Å². The van der Waals surface area contributed by atoms with E-state index >= 15 is 0 Å². The van der Waals surface area contributed by atoms with Crippen LogP contribution in [-0.2, 0) is 15.2 Å². The Morgan fingerprint density at radius 3 is 2.81 bits per heavy atom. The van der Waals surface area contributed by atoms with Crippen LogP contribution in [0.4, 0.5) is 11.4 Å². The van der Waals surface area contributed by atoms with Crippen LogP contribution >= 0.6 is 27.7 Å². The Kier molecular flexibility index (Phi) is 5.15. The fourth-order valence-electron chi connectivity index (χ4n) is 2.28. The Hall–Kier alpha value is -0.800. The molecule has 0 aliphatic carbocycles. The van der Waals surface area contributed by atoms with Crippen molar-refractivity contribution in [1.29, 1.82) is 0 Å². The number of rotatable bonds is 4. The highest BCUT2D eigenvalue weighted by molar-refractivity contribution is 9.08. The van der Waals surface area contributed by atoms with Crippen LogP contribution in [0.5, 0.6) is 0 Å². The summed E-state index contributed by atoms with van der Waals surface area (Å²) in [5.41, 5.74) is 1.48. The number of anilines is 1. The molecule has 6 nitrogen and oxygen atoms in total. The second kappa shape index (κ2) is 6.53. The lowest BCUT2D eigenvalue weighted by Gasteiger charge is -2.36. The summed E-state index contributed by atoms with van der Waals surface area (Å²) in [6, 6.07) is 4.55. The van der Waals surface area contributed by atoms with Crippen molar-refractivity contribution in [2.75, 3.05) is 29.2 Å². The zero-order chi connectivity index (χ0) is 15.6. The summed E-state index contributed by atoms with van der Waals surface area (Å²) < 4.78 is 23.9. The SMILES string of the molecule is CS(=O)(=O)C1CSCCN1c1ccc([N+](=O)[O-])cc1CBr. The maximum Gasteiger partial charge on any atom is 0.269 e. The monoisotopic (exact) mass is 394 g/mol. The molecule has 0 bridgehead atoms. The number of benzene rings is 1. The van der Waals surface area contributed by atoms with E-state index in [1.54, 1.807) is 17.8 Å². The highest BCUT2D eigenvalue weighted by atomic mass is 79.9. The van der Waals surface area contributed by atoms with Crippen molar-refractivity contribution >= 4 is 48.9 Å². The summed E-state index contributed by atoms with van der Waals surface area (Å²) in [6.07, 6.45) is 1.23. The first-order chi connectivity index (χ1) is 9.84. The molecule has 1 heterocycles. The number of nitro benzene ring substituents is 1. The molecule has 1 aromatic rings. The van der Waals surface area contributed by atoms with E-state index < -0.39 is 20.1 Å². The van der Waals surface area contributed by atoms with Crippen molar-refractivity contribution in [3.63, 3.8) is 0 Å². The standard InChI is InChI=1S/C12H15BrN2O4S2/c1-21(18,19)12-8-20-5-4-14(12)11-3-2-10(15(16)17)6-9(11)7-13/h2-3,6,12H,4-5,7-8H2,1H3. The van der Waals surface area contributed by atoms with Gasteiger partial charge in [0, 0.05) is 47.5 Å². The van der Waals surface area contributed by atoms with Crippen molar-refractivity contribution in [2.45, 2.75) is 10.7 Å². The average Bonchev–Trinajstić information content (AvgIpc) is 2.45. The minimum Gasteiger partial charge on any atom is -0.353 e. The van der Waals surface area contributed by atoms with Gasteiger partial charge in [-0.3, -0.25) is 10.1 Å². The molecule has 116 valence electrons. The molecule has 0 spiro atoms. The normalized spacial score (nSPS) is 19.5. The molecule has 1 fully saturated rings. The number of thioether (sulfide) groups is 1. The fourth-order valence-corrected chi connectivity index (χ4v) is 5.57. The highest BCUT2D eigenvalue weighted by Crippen LogP contribution is 2.32. The van der Waals surface area contributed by atoms with Gasteiger partial charge >= 0.3 is 0 Å². The molecule has 1 aliphatic rings. The maximum atomic E-state index is 12.0. The van der Waals surface area contributed by atoms with Crippen molar-refractivity contribution in [1.82, 2.24) is 0 Å². The van der Waals surface area contributed by atoms with Crippen LogP contribution in [0.2, 0.25) is 0 Å². The lowest BCUT2D eigenvalue weighted by atomic mass is 10.1. The Morgan fingerprint density at radius 2 is 2.24 bits per heavy atom. The number of hydrogen-bond acceptors (Lipinski definition) is 6. The molecular weight excluding hydrogens is 380 g/mol. The first-order valence-electron chi connectivity index (χ1n) is 6.21. The largest absolute Gasteiger partial charge is 0.353 e. The zero-order valence-corrected chi connectivity index (χ0v) is 14.6.